The Hall–Kier alpha value is -1.44. The fourth-order valence-corrected chi connectivity index (χ4v) is 3.33. The molecule has 1 amide bonds. The van der Waals surface area contributed by atoms with Crippen molar-refractivity contribution >= 4 is 15.9 Å². The lowest BCUT2D eigenvalue weighted by molar-refractivity contribution is 0.0610. The van der Waals surface area contributed by atoms with Gasteiger partial charge in [-0.1, -0.05) is 12.1 Å². The van der Waals surface area contributed by atoms with Gasteiger partial charge in [-0.15, -0.1) is 0 Å². The Morgan fingerprint density at radius 2 is 1.95 bits per heavy atom. The van der Waals surface area contributed by atoms with Crippen molar-refractivity contribution in [3.63, 3.8) is 0 Å². The third kappa shape index (κ3) is 3.81. The quantitative estimate of drug-likeness (QED) is 0.892. The van der Waals surface area contributed by atoms with Gasteiger partial charge in [0, 0.05) is 26.8 Å². The number of primary sulfonamides is 1. The van der Waals surface area contributed by atoms with Crippen LogP contribution in [0.3, 0.4) is 0 Å². The van der Waals surface area contributed by atoms with Crippen molar-refractivity contribution in [3.8, 4) is 0 Å². The van der Waals surface area contributed by atoms with Crippen LogP contribution in [0.1, 0.15) is 23.2 Å². The zero-order valence-electron chi connectivity index (χ0n) is 12.0. The lowest BCUT2D eigenvalue weighted by atomic mass is 9.97. The monoisotopic (exact) mass is 312 g/mol. The molecule has 1 aliphatic rings. The number of likely N-dealkylation sites (tertiary alicyclic amines) is 1. The van der Waals surface area contributed by atoms with Crippen LogP contribution in [0.2, 0.25) is 0 Å². The van der Waals surface area contributed by atoms with E-state index in [1.54, 1.807) is 24.1 Å². The molecule has 0 atom stereocenters. The normalized spacial score (nSPS) is 17.0. The molecule has 0 aromatic heterocycles. The highest BCUT2D eigenvalue weighted by molar-refractivity contribution is 7.89. The molecule has 1 heterocycles. The molecule has 0 unspecified atom stereocenters. The van der Waals surface area contributed by atoms with Gasteiger partial charge in [-0.2, -0.15) is 0 Å². The van der Waals surface area contributed by atoms with Crippen molar-refractivity contribution < 1.29 is 17.9 Å². The summed E-state index contributed by atoms with van der Waals surface area (Å²) >= 11 is 0. The average molecular weight is 312 g/mol. The molecule has 0 bridgehead atoms. The van der Waals surface area contributed by atoms with Gasteiger partial charge in [0.15, 0.2) is 0 Å². The Morgan fingerprint density at radius 3 is 2.52 bits per heavy atom. The van der Waals surface area contributed by atoms with Crippen LogP contribution in [0.4, 0.5) is 0 Å². The van der Waals surface area contributed by atoms with E-state index in [9.17, 15) is 13.2 Å². The maximum Gasteiger partial charge on any atom is 0.255 e. The number of nitrogens with zero attached hydrogens (tertiary/aromatic N) is 1. The maximum atomic E-state index is 12.5. The highest BCUT2D eigenvalue weighted by Crippen LogP contribution is 2.21. The van der Waals surface area contributed by atoms with E-state index in [0.717, 1.165) is 12.8 Å². The van der Waals surface area contributed by atoms with E-state index in [2.05, 4.69) is 0 Å². The molecule has 6 nitrogen and oxygen atoms in total. The average Bonchev–Trinajstić information content (AvgIpc) is 2.47. The molecule has 1 fully saturated rings. The molecule has 1 aliphatic heterocycles. The number of carbonyl (C=O) groups excluding carboxylic acids is 1. The fourth-order valence-electron chi connectivity index (χ4n) is 2.60. The molecule has 1 saturated heterocycles. The van der Waals surface area contributed by atoms with Gasteiger partial charge in [0.05, 0.1) is 10.5 Å². The van der Waals surface area contributed by atoms with Crippen LogP contribution in [0.15, 0.2) is 29.2 Å². The molecule has 0 saturated carbocycles. The van der Waals surface area contributed by atoms with Gasteiger partial charge in [-0.3, -0.25) is 4.79 Å². The van der Waals surface area contributed by atoms with Gasteiger partial charge >= 0.3 is 0 Å². The highest BCUT2D eigenvalue weighted by Gasteiger charge is 2.26. The number of carbonyl (C=O) groups is 1. The fraction of sp³-hybridized carbons (Fsp3) is 0.500. The van der Waals surface area contributed by atoms with Crippen molar-refractivity contribution in [1.29, 1.82) is 0 Å². The van der Waals surface area contributed by atoms with Crippen molar-refractivity contribution in [2.75, 3.05) is 26.8 Å². The summed E-state index contributed by atoms with van der Waals surface area (Å²) < 4.78 is 28.3. The van der Waals surface area contributed by atoms with Crippen LogP contribution < -0.4 is 5.14 Å². The third-order valence-corrected chi connectivity index (χ3v) is 4.70. The van der Waals surface area contributed by atoms with Crippen molar-refractivity contribution in [1.82, 2.24) is 4.90 Å². The zero-order chi connectivity index (χ0) is 15.5. The number of benzene rings is 1. The highest BCUT2D eigenvalue weighted by atomic mass is 32.2. The predicted molar refractivity (Wildman–Crippen MR) is 78.3 cm³/mol. The summed E-state index contributed by atoms with van der Waals surface area (Å²) in [5, 5.41) is 5.17. The second-order valence-corrected chi connectivity index (χ2v) is 6.76. The summed E-state index contributed by atoms with van der Waals surface area (Å²) in [6.45, 7) is 1.90. The molecule has 0 aliphatic carbocycles. The molecule has 21 heavy (non-hydrogen) atoms. The van der Waals surface area contributed by atoms with E-state index in [1.807, 2.05) is 0 Å². The molecule has 2 N–H and O–H groups in total. The van der Waals surface area contributed by atoms with Gasteiger partial charge in [-0.25, -0.2) is 13.6 Å². The number of rotatable bonds is 4. The van der Waals surface area contributed by atoms with Crippen LogP contribution in [0, 0.1) is 5.92 Å². The number of hydrogen-bond acceptors (Lipinski definition) is 4. The zero-order valence-corrected chi connectivity index (χ0v) is 12.8. The van der Waals surface area contributed by atoms with Gasteiger partial charge in [-0.05, 0) is 30.9 Å². The van der Waals surface area contributed by atoms with Gasteiger partial charge in [0.2, 0.25) is 10.0 Å². The number of amides is 1. The van der Waals surface area contributed by atoms with E-state index in [4.69, 9.17) is 9.88 Å². The minimum absolute atomic E-state index is 0.117. The Bertz CT molecular complexity index is 607. The van der Waals surface area contributed by atoms with Crippen LogP contribution in [-0.2, 0) is 14.8 Å². The standard InChI is InChI=1S/C14H20N2O4S/c1-20-10-11-6-8-16(9-7-11)14(17)12-4-2-3-5-13(12)21(15,18)19/h2-5,11H,6-10H2,1H3,(H2,15,18,19). The van der Waals surface area contributed by atoms with Crippen molar-refractivity contribution in [2.24, 2.45) is 11.1 Å². The van der Waals surface area contributed by atoms with Gasteiger partial charge < -0.3 is 9.64 Å². The SMILES string of the molecule is COCC1CCN(C(=O)c2ccccc2S(N)(=O)=O)CC1. The summed E-state index contributed by atoms with van der Waals surface area (Å²) in [5.74, 6) is 0.169. The van der Waals surface area contributed by atoms with Gasteiger partial charge in [0.25, 0.3) is 5.91 Å². The topological polar surface area (TPSA) is 89.7 Å². The molecular weight excluding hydrogens is 292 g/mol. The summed E-state index contributed by atoms with van der Waals surface area (Å²) in [6, 6.07) is 6.06. The van der Waals surface area contributed by atoms with Gasteiger partial charge in [0.1, 0.15) is 0 Å². The minimum atomic E-state index is -3.90. The maximum absolute atomic E-state index is 12.5. The van der Waals surface area contributed by atoms with E-state index in [-0.39, 0.29) is 16.4 Å². The first kappa shape index (κ1) is 15.9. The molecule has 7 heteroatoms. The summed E-state index contributed by atoms with van der Waals surface area (Å²) in [4.78, 5) is 14.1. The summed E-state index contributed by atoms with van der Waals surface area (Å²) in [7, 11) is -2.24. The summed E-state index contributed by atoms with van der Waals surface area (Å²) in [5.41, 5.74) is 0.144. The molecule has 116 valence electrons. The Labute approximate surface area is 124 Å². The molecule has 1 aromatic carbocycles. The van der Waals surface area contributed by atoms with Crippen LogP contribution >= 0.6 is 0 Å². The van der Waals surface area contributed by atoms with Crippen LogP contribution in [-0.4, -0.2) is 46.0 Å². The lowest BCUT2D eigenvalue weighted by Crippen LogP contribution is -2.40. The molecule has 0 spiro atoms. The largest absolute Gasteiger partial charge is 0.384 e. The number of piperidine rings is 1. The van der Waals surface area contributed by atoms with E-state index < -0.39 is 10.0 Å². The first-order valence-corrected chi connectivity index (χ1v) is 8.38. The van der Waals surface area contributed by atoms with Crippen LogP contribution in [0.5, 0.6) is 0 Å². The number of nitrogens with two attached hydrogens (primary N) is 1. The number of ether oxygens (including phenoxy) is 1. The molecule has 1 aromatic rings. The molecule has 0 radical (unpaired) electrons. The van der Waals surface area contributed by atoms with E-state index >= 15 is 0 Å². The van der Waals surface area contributed by atoms with Crippen molar-refractivity contribution in [3.05, 3.63) is 29.8 Å². The Morgan fingerprint density at radius 1 is 1.33 bits per heavy atom. The van der Waals surface area contributed by atoms with Crippen molar-refractivity contribution in [2.45, 2.75) is 17.7 Å². The Balaban J connectivity index is 2.15. The number of methoxy groups -OCH3 is 1. The second-order valence-electron chi connectivity index (χ2n) is 5.23. The minimum Gasteiger partial charge on any atom is -0.384 e. The molecule has 2 rings (SSSR count). The third-order valence-electron chi connectivity index (χ3n) is 3.73. The number of hydrogen-bond donors (Lipinski definition) is 1. The lowest BCUT2D eigenvalue weighted by Gasteiger charge is -2.32. The summed E-state index contributed by atoms with van der Waals surface area (Å²) in [6.07, 6.45) is 1.72. The van der Waals surface area contributed by atoms with E-state index in [1.165, 1.54) is 12.1 Å². The first-order valence-electron chi connectivity index (χ1n) is 6.83. The smallest absolute Gasteiger partial charge is 0.255 e. The molecular formula is C14H20N2O4S. The van der Waals surface area contributed by atoms with Crippen LogP contribution in [0.25, 0.3) is 0 Å². The first-order chi connectivity index (χ1) is 9.93. The number of sulfonamides is 1. The van der Waals surface area contributed by atoms with E-state index in [0.29, 0.717) is 25.6 Å². The second kappa shape index (κ2) is 6.55. The predicted octanol–water partition coefficient (Wildman–Crippen LogP) is 0.833. The Kier molecular flexibility index (Phi) is 4.97.